The van der Waals surface area contributed by atoms with E-state index in [1.54, 1.807) is 6.20 Å². The molecule has 0 spiro atoms. The number of aromatic amines is 1. The Bertz CT molecular complexity index is 449. The zero-order valence-corrected chi connectivity index (χ0v) is 10.0. The van der Waals surface area contributed by atoms with E-state index in [1.807, 2.05) is 6.07 Å². The fourth-order valence-electron chi connectivity index (χ4n) is 1.96. The predicted molar refractivity (Wildman–Crippen MR) is 64.0 cm³/mol. The summed E-state index contributed by atoms with van der Waals surface area (Å²) in [7, 11) is 0. The maximum absolute atomic E-state index is 5.20. The molecule has 2 aromatic heterocycles. The van der Waals surface area contributed by atoms with Crippen LogP contribution in [0.15, 0.2) is 16.8 Å². The van der Waals surface area contributed by atoms with Gasteiger partial charge in [-0.15, -0.1) is 12.4 Å². The lowest BCUT2D eigenvalue weighted by atomic mass is 9.99. The van der Waals surface area contributed by atoms with Crippen LogP contribution in [0.1, 0.15) is 24.6 Å². The molecular formula is C10H14ClN5O. The van der Waals surface area contributed by atoms with E-state index in [0.29, 0.717) is 11.8 Å². The topological polar surface area (TPSA) is 79.6 Å². The minimum absolute atomic E-state index is 0. The molecule has 2 N–H and O–H groups in total. The lowest BCUT2D eigenvalue weighted by Gasteiger charge is -2.19. The molecule has 7 heteroatoms. The van der Waals surface area contributed by atoms with Crippen molar-refractivity contribution in [2.24, 2.45) is 0 Å². The Morgan fingerprint density at radius 3 is 3.06 bits per heavy atom. The maximum Gasteiger partial charge on any atom is 0.275 e. The van der Waals surface area contributed by atoms with E-state index in [-0.39, 0.29) is 12.4 Å². The summed E-state index contributed by atoms with van der Waals surface area (Å²) in [4.78, 5) is 4.39. The van der Waals surface area contributed by atoms with Gasteiger partial charge in [-0.25, -0.2) is 0 Å². The molecule has 1 atom stereocenters. The normalized spacial score (nSPS) is 19.9. The zero-order chi connectivity index (χ0) is 10.8. The largest absolute Gasteiger partial charge is 0.332 e. The number of halogens is 1. The van der Waals surface area contributed by atoms with Crippen molar-refractivity contribution in [1.29, 1.82) is 0 Å². The molecule has 92 valence electrons. The first kappa shape index (κ1) is 12.1. The van der Waals surface area contributed by atoms with E-state index in [0.717, 1.165) is 31.0 Å². The molecule has 0 saturated carbocycles. The summed E-state index contributed by atoms with van der Waals surface area (Å²) in [5.74, 6) is 1.67. The molecule has 6 nitrogen and oxygen atoms in total. The maximum atomic E-state index is 5.20. The molecule has 17 heavy (non-hydrogen) atoms. The van der Waals surface area contributed by atoms with Crippen LogP contribution in [0.5, 0.6) is 0 Å². The van der Waals surface area contributed by atoms with Crippen LogP contribution in [-0.2, 0) is 0 Å². The van der Waals surface area contributed by atoms with Crippen LogP contribution in [0.2, 0.25) is 0 Å². The van der Waals surface area contributed by atoms with Gasteiger partial charge in [0.2, 0.25) is 0 Å². The van der Waals surface area contributed by atoms with Crippen molar-refractivity contribution in [3.63, 3.8) is 0 Å². The van der Waals surface area contributed by atoms with Gasteiger partial charge < -0.3 is 9.84 Å². The number of nitrogens with zero attached hydrogens (tertiary/aromatic N) is 3. The summed E-state index contributed by atoms with van der Waals surface area (Å²) < 4.78 is 5.20. The predicted octanol–water partition coefficient (Wildman–Crippen LogP) is 1.35. The SMILES string of the molecule is Cl.c1cc(-c2nc(C3CCCNC3)no2)[nH]n1. The Morgan fingerprint density at radius 2 is 2.35 bits per heavy atom. The number of H-pyrrole nitrogens is 1. The molecule has 0 aliphatic carbocycles. The highest BCUT2D eigenvalue weighted by molar-refractivity contribution is 5.85. The Morgan fingerprint density at radius 1 is 1.41 bits per heavy atom. The third-order valence-corrected chi connectivity index (χ3v) is 2.83. The van der Waals surface area contributed by atoms with Gasteiger partial charge in [-0.1, -0.05) is 5.16 Å². The number of hydrogen-bond acceptors (Lipinski definition) is 5. The van der Waals surface area contributed by atoms with Crippen molar-refractivity contribution >= 4 is 12.4 Å². The average Bonchev–Trinajstić information content (AvgIpc) is 3.01. The van der Waals surface area contributed by atoms with Gasteiger partial charge in [0, 0.05) is 18.7 Å². The van der Waals surface area contributed by atoms with Gasteiger partial charge in [0.15, 0.2) is 5.82 Å². The molecule has 1 fully saturated rings. The molecule has 0 radical (unpaired) electrons. The highest BCUT2D eigenvalue weighted by Crippen LogP contribution is 2.22. The van der Waals surface area contributed by atoms with Crippen molar-refractivity contribution in [3.05, 3.63) is 18.1 Å². The second-order valence-electron chi connectivity index (χ2n) is 3.97. The molecular weight excluding hydrogens is 242 g/mol. The molecule has 1 saturated heterocycles. The van der Waals surface area contributed by atoms with Crippen LogP contribution in [-0.4, -0.2) is 33.4 Å². The van der Waals surface area contributed by atoms with Crippen molar-refractivity contribution in [3.8, 4) is 11.6 Å². The standard InChI is InChI=1S/C10H13N5O.ClH/c1-2-7(6-11-4-1)9-13-10(16-15-9)8-3-5-12-14-8;/h3,5,7,11H,1-2,4,6H2,(H,12,14);1H. The van der Waals surface area contributed by atoms with Crippen LogP contribution in [0, 0.1) is 0 Å². The van der Waals surface area contributed by atoms with Crippen molar-refractivity contribution < 1.29 is 4.52 Å². The Labute approximate surface area is 105 Å². The Balaban J connectivity index is 0.00000108. The molecule has 3 heterocycles. The number of nitrogens with one attached hydrogen (secondary N) is 2. The summed E-state index contributed by atoms with van der Waals surface area (Å²) in [6.07, 6.45) is 3.95. The van der Waals surface area contributed by atoms with Gasteiger partial charge in [-0.05, 0) is 25.5 Å². The molecule has 2 aromatic rings. The quantitative estimate of drug-likeness (QED) is 0.847. The van der Waals surface area contributed by atoms with Gasteiger partial charge in [0.25, 0.3) is 5.89 Å². The highest BCUT2D eigenvalue weighted by Gasteiger charge is 2.21. The van der Waals surface area contributed by atoms with E-state index in [2.05, 4.69) is 25.7 Å². The molecule has 1 aliphatic heterocycles. The van der Waals surface area contributed by atoms with Gasteiger partial charge in [-0.3, -0.25) is 5.10 Å². The van der Waals surface area contributed by atoms with E-state index in [4.69, 9.17) is 4.52 Å². The number of aromatic nitrogens is 4. The van der Waals surface area contributed by atoms with E-state index >= 15 is 0 Å². The van der Waals surface area contributed by atoms with Crippen LogP contribution in [0.3, 0.4) is 0 Å². The van der Waals surface area contributed by atoms with Crippen LogP contribution in [0.4, 0.5) is 0 Å². The monoisotopic (exact) mass is 255 g/mol. The summed E-state index contributed by atoms with van der Waals surface area (Å²) in [6.45, 7) is 2.02. The molecule has 3 rings (SSSR count). The third-order valence-electron chi connectivity index (χ3n) is 2.83. The smallest absolute Gasteiger partial charge is 0.275 e. The van der Waals surface area contributed by atoms with Gasteiger partial charge in [-0.2, -0.15) is 10.1 Å². The van der Waals surface area contributed by atoms with Gasteiger partial charge >= 0.3 is 0 Å². The first-order valence-corrected chi connectivity index (χ1v) is 5.47. The summed E-state index contributed by atoms with van der Waals surface area (Å²) in [5, 5.41) is 14.0. The van der Waals surface area contributed by atoms with Crippen LogP contribution >= 0.6 is 12.4 Å². The van der Waals surface area contributed by atoms with Crippen molar-refractivity contribution in [2.45, 2.75) is 18.8 Å². The van der Waals surface area contributed by atoms with Crippen molar-refractivity contribution in [2.75, 3.05) is 13.1 Å². The number of rotatable bonds is 2. The molecule has 1 unspecified atom stereocenters. The Kier molecular flexibility index (Phi) is 3.75. The summed E-state index contributed by atoms with van der Waals surface area (Å²) >= 11 is 0. The lowest BCUT2D eigenvalue weighted by molar-refractivity contribution is 0.392. The van der Waals surface area contributed by atoms with Crippen molar-refractivity contribution in [1.82, 2.24) is 25.7 Å². The minimum Gasteiger partial charge on any atom is -0.332 e. The fraction of sp³-hybridized carbons (Fsp3) is 0.500. The highest BCUT2D eigenvalue weighted by atomic mass is 35.5. The van der Waals surface area contributed by atoms with Gasteiger partial charge in [0.05, 0.1) is 0 Å². The molecule has 0 bridgehead atoms. The fourth-order valence-corrected chi connectivity index (χ4v) is 1.96. The van der Waals surface area contributed by atoms with E-state index in [9.17, 15) is 0 Å². The summed E-state index contributed by atoms with van der Waals surface area (Å²) in [5.41, 5.74) is 0.766. The van der Waals surface area contributed by atoms with Gasteiger partial charge in [0.1, 0.15) is 5.69 Å². The lowest BCUT2D eigenvalue weighted by Crippen LogP contribution is -2.28. The average molecular weight is 256 g/mol. The third kappa shape index (κ3) is 2.48. The number of hydrogen-bond donors (Lipinski definition) is 2. The molecule has 0 aromatic carbocycles. The molecule has 0 amide bonds. The first-order chi connectivity index (χ1) is 7.93. The van der Waals surface area contributed by atoms with Crippen LogP contribution in [0.25, 0.3) is 11.6 Å². The molecule has 1 aliphatic rings. The number of piperidine rings is 1. The zero-order valence-electron chi connectivity index (χ0n) is 9.22. The second kappa shape index (κ2) is 5.29. The minimum atomic E-state index is 0. The second-order valence-corrected chi connectivity index (χ2v) is 3.97. The van der Waals surface area contributed by atoms with E-state index in [1.165, 1.54) is 6.42 Å². The van der Waals surface area contributed by atoms with E-state index < -0.39 is 0 Å². The summed E-state index contributed by atoms with van der Waals surface area (Å²) in [6, 6.07) is 1.82. The Hall–Kier alpha value is -1.40. The van der Waals surface area contributed by atoms with Crippen LogP contribution < -0.4 is 5.32 Å². The first-order valence-electron chi connectivity index (χ1n) is 5.47.